The lowest BCUT2D eigenvalue weighted by atomic mass is 9.68. The van der Waals surface area contributed by atoms with Crippen molar-refractivity contribution < 1.29 is 14.3 Å². The van der Waals surface area contributed by atoms with Crippen LogP contribution in [0.4, 0.5) is 0 Å². The summed E-state index contributed by atoms with van der Waals surface area (Å²) in [6.07, 6.45) is 6.16. The molecule has 0 saturated heterocycles. The van der Waals surface area contributed by atoms with E-state index in [9.17, 15) is 9.59 Å². The first-order valence-electron chi connectivity index (χ1n) is 11.1. The zero-order valence-electron chi connectivity index (χ0n) is 18.3. The molecule has 0 radical (unpaired) electrons. The van der Waals surface area contributed by atoms with Gasteiger partial charge in [0, 0.05) is 29.3 Å². The molecule has 1 saturated carbocycles. The van der Waals surface area contributed by atoms with Crippen LogP contribution in [0.2, 0.25) is 10.0 Å². The highest BCUT2D eigenvalue weighted by atomic mass is 35.5. The normalized spacial score (nSPS) is 24.0. The van der Waals surface area contributed by atoms with Gasteiger partial charge in [-0.2, -0.15) is 0 Å². The number of ketones is 1. The van der Waals surface area contributed by atoms with Crippen LogP contribution in [-0.4, -0.2) is 17.9 Å². The third-order valence-electron chi connectivity index (χ3n) is 6.58. The number of dihydropyridines is 1. The molecule has 1 fully saturated rings. The predicted octanol–water partition coefficient (Wildman–Crippen LogP) is 6.47. The van der Waals surface area contributed by atoms with Crippen molar-refractivity contribution in [2.24, 2.45) is 5.41 Å². The molecule has 3 aliphatic rings. The molecule has 0 aromatic heterocycles. The van der Waals surface area contributed by atoms with E-state index in [4.69, 9.17) is 27.9 Å². The second-order valence-corrected chi connectivity index (χ2v) is 10.5. The second kappa shape index (κ2) is 8.63. The number of carbonyl (C=O) groups excluding carboxylic acids is 2. The molecule has 1 heterocycles. The minimum atomic E-state index is -0.581. The van der Waals surface area contributed by atoms with E-state index in [1.807, 2.05) is 19.1 Å². The number of Topliss-reactive ketones (excluding diaryl/α,β-unsaturated/α-hetero) is 1. The number of hydrogen-bond acceptors (Lipinski definition) is 4. The van der Waals surface area contributed by atoms with Gasteiger partial charge in [-0.15, -0.1) is 0 Å². The highest BCUT2D eigenvalue weighted by Crippen LogP contribution is 2.49. The molecule has 1 aromatic carbocycles. The van der Waals surface area contributed by atoms with Gasteiger partial charge in [0.25, 0.3) is 0 Å². The van der Waals surface area contributed by atoms with Crippen LogP contribution in [0.3, 0.4) is 0 Å². The average molecular weight is 462 g/mol. The maximum absolute atomic E-state index is 13.4. The van der Waals surface area contributed by atoms with Gasteiger partial charge in [-0.1, -0.05) is 55.6 Å². The van der Waals surface area contributed by atoms with Gasteiger partial charge in [-0.05, 0) is 56.1 Å². The van der Waals surface area contributed by atoms with Crippen molar-refractivity contribution in [1.82, 2.24) is 5.32 Å². The number of ether oxygens (including phenoxy) is 1. The first-order chi connectivity index (χ1) is 14.7. The average Bonchev–Trinajstić information content (AvgIpc) is 2.68. The zero-order valence-corrected chi connectivity index (χ0v) is 19.8. The lowest BCUT2D eigenvalue weighted by Gasteiger charge is -2.40. The minimum absolute atomic E-state index is 0.0373. The van der Waals surface area contributed by atoms with Gasteiger partial charge in [0.15, 0.2) is 5.78 Å². The van der Waals surface area contributed by atoms with Crippen LogP contribution in [0, 0.1) is 5.41 Å². The quantitative estimate of drug-likeness (QED) is 0.523. The summed E-state index contributed by atoms with van der Waals surface area (Å²) in [5.74, 6) is -0.917. The smallest absolute Gasteiger partial charge is 0.337 e. The van der Waals surface area contributed by atoms with E-state index >= 15 is 0 Å². The summed E-state index contributed by atoms with van der Waals surface area (Å²) in [5.41, 5.74) is 3.18. The maximum Gasteiger partial charge on any atom is 0.337 e. The van der Waals surface area contributed by atoms with Gasteiger partial charge in [0.05, 0.1) is 15.6 Å². The number of benzene rings is 1. The van der Waals surface area contributed by atoms with Crippen LogP contribution in [-0.2, 0) is 14.3 Å². The standard InChI is InChI=1S/C25H29Cl2NO3/c1-14-20(24(30)31-15-8-5-4-6-9-15)21(16-10-7-11-17(26)23(16)27)22-18(28-14)12-25(2,3)13-19(22)29/h7,10-11,15,21,28H,4-6,8-9,12-13H2,1-3H3/t21-/m1/s1. The first kappa shape index (κ1) is 22.4. The molecule has 0 bridgehead atoms. The summed E-state index contributed by atoms with van der Waals surface area (Å²) in [6.45, 7) is 6.05. The van der Waals surface area contributed by atoms with E-state index in [0.717, 1.165) is 37.8 Å². The first-order valence-corrected chi connectivity index (χ1v) is 11.8. The lowest BCUT2D eigenvalue weighted by Crippen LogP contribution is -2.39. The van der Waals surface area contributed by atoms with E-state index in [-0.39, 0.29) is 23.3 Å². The van der Waals surface area contributed by atoms with Crippen LogP contribution in [0.15, 0.2) is 40.7 Å². The van der Waals surface area contributed by atoms with Gasteiger partial charge in [0.1, 0.15) is 6.10 Å². The molecule has 0 spiro atoms. The molecule has 1 N–H and O–H groups in total. The van der Waals surface area contributed by atoms with Crippen LogP contribution >= 0.6 is 23.2 Å². The van der Waals surface area contributed by atoms with Gasteiger partial charge in [0.2, 0.25) is 0 Å². The number of carbonyl (C=O) groups is 2. The van der Waals surface area contributed by atoms with Crippen molar-refractivity contribution in [3.05, 3.63) is 56.3 Å². The van der Waals surface area contributed by atoms with E-state index in [2.05, 4.69) is 19.2 Å². The fourth-order valence-electron chi connectivity index (χ4n) is 5.16. The van der Waals surface area contributed by atoms with Crippen molar-refractivity contribution in [3.63, 3.8) is 0 Å². The fourth-order valence-corrected chi connectivity index (χ4v) is 5.58. The SMILES string of the molecule is CC1=C(C(=O)OC2CCCCC2)[C@@H](c2cccc(Cl)c2Cl)C2=C(CC(C)(C)CC2=O)N1. The Bertz CT molecular complexity index is 986. The zero-order chi connectivity index (χ0) is 22.3. The topological polar surface area (TPSA) is 55.4 Å². The summed E-state index contributed by atoms with van der Waals surface area (Å²) in [5, 5.41) is 4.14. The number of hydrogen-bond donors (Lipinski definition) is 1. The molecular formula is C25H29Cl2NO3. The molecule has 31 heavy (non-hydrogen) atoms. The number of esters is 1. The van der Waals surface area contributed by atoms with Crippen molar-refractivity contribution in [1.29, 1.82) is 0 Å². The number of nitrogens with one attached hydrogen (secondary N) is 1. The van der Waals surface area contributed by atoms with Crippen molar-refractivity contribution in [2.45, 2.75) is 77.7 Å². The fraction of sp³-hybridized carbons (Fsp3) is 0.520. The van der Waals surface area contributed by atoms with Crippen LogP contribution in [0.25, 0.3) is 0 Å². The third kappa shape index (κ3) is 4.42. The Morgan fingerprint density at radius 3 is 2.55 bits per heavy atom. The molecule has 0 amide bonds. The van der Waals surface area contributed by atoms with Crippen molar-refractivity contribution in [2.75, 3.05) is 0 Å². The molecule has 1 aliphatic heterocycles. The minimum Gasteiger partial charge on any atom is -0.459 e. The second-order valence-electron chi connectivity index (χ2n) is 9.74. The summed E-state index contributed by atoms with van der Waals surface area (Å²) in [7, 11) is 0. The third-order valence-corrected chi connectivity index (χ3v) is 7.41. The Hall–Kier alpha value is -1.78. The number of allylic oxidation sites excluding steroid dienone is 3. The highest BCUT2D eigenvalue weighted by Gasteiger charge is 2.44. The Morgan fingerprint density at radius 2 is 1.84 bits per heavy atom. The Morgan fingerprint density at radius 1 is 1.13 bits per heavy atom. The van der Waals surface area contributed by atoms with Gasteiger partial charge in [-0.25, -0.2) is 4.79 Å². The summed E-state index contributed by atoms with van der Waals surface area (Å²) >= 11 is 12.9. The Balaban J connectivity index is 1.80. The molecule has 166 valence electrons. The van der Waals surface area contributed by atoms with E-state index < -0.39 is 5.92 Å². The highest BCUT2D eigenvalue weighted by molar-refractivity contribution is 6.42. The molecule has 1 atom stereocenters. The Labute approximate surface area is 194 Å². The summed E-state index contributed by atoms with van der Waals surface area (Å²) in [6, 6.07) is 5.37. The molecular weight excluding hydrogens is 433 g/mol. The van der Waals surface area contributed by atoms with Crippen LogP contribution in [0.5, 0.6) is 0 Å². The van der Waals surface area contributed by atoms with Gasteiger partial charge < -0.3 is 10.1 Å². The van der Waals surface area contributed by atoms with E-state index in [1.165, 1.54) is 6.42 Å². The summed E-state index contributed by atoms with van der Waals surface area (Å²) in [4.78, 5) is 26.8. The molecule has 0 unspecified atom stereocenters. The van der Waals surface area contributed by atoms with Crippen LogP contribution < -0.4 is 5.32 Å². The van der Waals surface area contributed by atoms with E-state index in [1.54, 1.807) is 6.07 Å². The largest absolute Gasteiger partial charge is 0.459 e. The maximum atomic E-state index is 13.4. The number of halogens is 2. The van der Waals surface area contributed by atoms with Gasteiger partial charge in [-0.3, -0.25) is 4.79 Å². The molecule has 6 heteroatoms. The lowest BCUT2D eigenvalue weighted by molar-refractivity contribution is -0.146. The van der Waals surface area contributed by atoms with Gasteiger partial charge >= 0.3 is 5.97 Å². The monoisotopic (exact) mass is 461 g/mol. The number of rotatable bonds is 3. The molecule has 4 nitrogen and oxygen atoms in total. The summed E-state index contributed by atoms with van der Waals surface area (Å²) < 4.78 is 5.93. The van der Waals surface area contributed by atoms with Crippen molar-refractivity contribution >= 4 is 35.0 Å². The van der Waals surface area contributed by atoms with Crippen LogP contribution in [0.1, 0.15) is 77.2 Å². The molecule has 2 aliphatic carbocycles. The van der Waals surface area contributed by atoms with Crippen molar-refractivity contribution in [3.8, 4) is 0 Å². The Kier molecular flexibility index (Phi) is 6.24. The molecule has 4 rings (SSSR count). The predicted molar refractivity (Wildman–Crippen MR) is 123 cm³/mol. The molecule has 1 aromatic rings. The van der Waals surface area contributed by atoms with E-state index in [0.29, 0.717) is 38.9 Å².